The van der Waals surface area contributed by atoms with E-state index >= 15 is 0 Å². The van der Waals surface area contributed by atoms with Gasteiger partial charge in [0.05, 0.1) is 24.9 Å². The normalized spacial score (nSPS) is 18.1. The van der Waals surface area contributed by atoms with Crippen LogP contribution in [0.3, 0.4) is 0 Å². The average molecular weight is 421 g/mol. The summed E-state index contributed by atoms with van der Waals surface area (Å²) < 4.78 is 9.68. The van der Waals surface area contributed by atoms with Crippen molar-refractivity contribution in [3.8, 4) is 11.4 Å². The second-order valence-electron chi connectivity index (χ2n) is 9.05. The second kappa shape index (κ2) is 9.27. The van der Waals surface area contributed by atoms with Crippen molar-refractivity contribution in [2.45, 2.75) is 51.5 Å². The van der Waals surface area contributed by atoms with E-state index < -0.39 is 0 Å². The molecule has 6 heteroatoms. The Morgan fingerprint density at radius 1 is 0.968 bits per heavy atom. The van der Waals surface area contributed by atoms with Gasteiger partial charge in [0.25, 0.3) is 5.56 Å². The quantitative estimate of drug-likeness (QED) is 0.574. The fourth-order valence-electron chi connectivity index (χ4n) is 4.98. The molecule has 0 unspecified atom stereocenters. The van der Waals surface area contributed by atoms with Gasteiger partial charge in [-0.2, -0.15) is 5.10 Å². The summed E-state index contributed by atoms with van der Waals surface area (Å²) in [5, 5.41) is 5.64. The third-order valence-electron chi connectivity index (χ3n) is 6.83. The summed E-state index contributed by atoms with van der Waals surface area (Å²) in [5.74, 6) is 1.29. The topological polar surface area (TPSA) is 52.3 Å². The third kappa shape index (κ3) is 4.69. The van der Waals surface area contributed by atoms with E-state index in [9.17, 15) is 4.79 Å². The number of rotatable bonds is 7. The van der Waals surface area contributed by atoms with Crippen molar-refractivity contribution in [3.05, 3.63) is 53.1 Å². The molecular weight excluding hydrogens is 388 g/mol. The number of benzene rings is 1. The lowest BCUT2D eigenvalue weighted by Gasteiger charge is -2.21. The highest BCUT2D eigenvalue weighted by atomic mass is 16.5. The highest BCUT2D eigenvalue weighted by Gasteiger charge is 2.15. The molecule has 2 aliphatic rings. The zero-order chi connectivity index (χ0) is 21.0. The van der Waals surface area contributed by atoms with Gasteiger partial charge in [-0.15, -0.1) is 0 Å². The molecule has 2 aromatic heterocycles. The highest BCUT2D eigenvalue weighted by Crippen LogP contribution is 2.24. The van der Waals surface area contributed by atoms with Crippen molar-refractivity contribution in [2.24, 2.45) is 5.92 Å². The maximum Gasteiger partial charge on any atom is 0.258 e. The number of aromatic nitrogens is 3. The zero-order valence-electron chi connectivity index (χ0n) is 18.2. The van der Waals surface area contributed by atoms with Gasteiger partial charge in [-0.05, 0) is 69.0 Å². The predicted molar refractivity (Wildman–Crippen MR) is 123 cm³/mol. The van der Waals surface area contributed by atoms with Crippen molar-refractivity contribution < 1.29 is 4.74 Å². The average Bonchev–Trinajstić information content (AvgIpc) is 3.46. The first kappa shape index (κ1) is 20.3. The Balaban J connectivity index is 1.27. The summed E-state index contributed by atoms with van der Waals surface area (Å²) in [6, 6.07) is 9.61. The summed E-state index contributed by atoms with van der Waals surface area (Å²) in [6.07, 6.45) is 12.7. The number of hydrogen-bond acceptors (Lipinski definition) is 4. The minimum Gasteiger partial charge on any atom is -0.493 e. The molecule has 2 fully saturated rings. The lowest BCUT2D eigenvalue weighted by molar-refractivity contribution is 0.208. The van der Waals surface area contributed by atoms with E-state index in [0.717, 1.165) is 29.7 Å². The molecule has 0 amide bonds. The predicted octanol–water partition coefficient (Wildman–Crippen LogP) is 4.24. The number of hydrogen-bond donors (Lipinski definition) is 0. The summed E-state index contributed by atoms with van der Waals surface area (Å²) in [5.41, 5.74) is 1.90. The SMILES string of the molecule is O=c1cc(OCC2CCCCC2)ccn1-c1ccc2c(cnn2CCN2CCCC2)c1. The van der Waals surface area contributed by atoms with E-state index in [1.807, 2.05) is 30.6 Å². The molecule has 5 rings (SSSR count). The molecule has 6 nitrogen and oxygen atoms in total. The summed E-state index contributed by atoms with van der Waals surface area (Å²) in [4.78, 5) is 15.2. The second-order valence-corrected chi connectivity index (χ2v) is 9.05. The third-order valence-corrected chi connectivity index (χ3v) is 6.83. The van der Waals surface area contributed by atoms with E-state index in [-0.39, 0.29) is 5.56 Å². The molecule has 0 N–H and O–H groups in total. The first-order valence-corrected chi connectivity index (χ1v) is 11.8. The lowest BCUT2D eigenvalue weighted by Crippen LogP contribution is -2.24. The minimum atomic E-state index is -0.0677. The zero-order valence-corrected chi connectivity index (χ0v) is 18.2. The van der Waals surface area contributed by atoms with E-state index in [2.05, 4.69) is 20.7 Å². The number of nitrogens with zero attached hydrogens (tertiary/aromatic N) is 4. The van der Waals surface area contributed by atoms with Crippen LogP contribution in [0, 0.1) is 5.92 Å². The van der Waals surface area contributed by atoms with Gasteiger partial charge in [-0.3, -0.25) is 14.0 Å². The monoisotopic (exact) mass is 420 g/mol. The van der Waals surface area contributed by atoms with Gasteiger partial charge in [0.1, 0.15) is 5.75 Å². The maximum atomic E-state index is 12.7. The van der Waals surface area contributed by atoms with E-state index in [4.69, 9.17) is 4.74 Å². The van der Waals surface area contributed by atoms with Crippen molar-refractivity contribution in [3.63, 3.8) is 0 Å². The Labute approximate surface area is 183 Å². The Morgan fingerprint density at radius 2 is 1.81 bits per heavy atom. The molecule has 0 atom stereocenters. The minimum absolute atomic E-state index is 0.0677. The highest BCUT2D eigenvalue weighted by molar-refractivity contribution is 5.80. The molecular formula is C25H32N4O2. The molecule has 3 aromatic rings. The smallest absolute Gasteiger partial charge is 0.258 e. The van der Waals surface area contributed by atoms with Crippen molar-refractivity contribution in [2.75, 3.05) is 26.2 Å². The van der Waals surface area contributed by atoms with E-state index in [1.165, 1.54) is 58.0 Å². The molecule has 1 saturated carbocycles. The maximum absolute atomic E-state index is 12.7. The van der Waals surface area contributed by atoms with Gasteiger partial charge >= 0.3 is 0 Å². The van der Waals surface area contributed by atoms with Crippen LogP contribution in [0.25, 0.3) is 16.6 Å². The number of pyridine rings is 1. The number of ether oxygens (including phenoxy) is 1. The Kier molecular flexibility index (Phi) is 6.07. The summed E-state index contributed by atoms with van der Waals surface area (Å²) in [7, 11) is 0. The van der Waals surface area contributed by atoms with Gasteiger partial charge < -0.3 is 9.64 Å². The van der Waals surface area contributed by atoms with Crippen LogP contribution >= 0.6 is 0 Å². The van der Waals surface area contributed by atoms with Crippen LogP contribution in [0.1, 0.15) is 44.9 Å². The molecule has 0 spiro atoms. The molecule has 31 heavy (non-hydrogen) atoms. The van der Waals surface area contributed by atoms with Gasteiger partial charge in [0, 0.05) is 29.9 Å². The number of fused-ring (bicyclic) bond motifs is 1. The van der Waals surface area contributed by atoms with Crippen LogP contribution in [0.4, 0.5) is 0 Å². The van der Waals surface area contributed by atoms with E-state index in [0.29, 0.717) is 18.3 Å². The van der Waals surface area contributed by atoms with Crippen molar-refractivity contribution in [1.29, 1.82) is 0 Å². The fraction of sp³-hybridized carbons (Fsp3) is 0.520. The van der Waals surface area contributed by atoms with Crippen LogP contribution in [0.5, 0.6) is 5.75 Å². The van der Waals surface area contributed by atoms with Gasteiger partial charge in [-0.25, -0.2) is 0 Å². The standard InChI is InChI=1S/C25H32N4O2/c30-25-17-23(31-19-20-6-2-1-3-7-20)10-13-28(25)22-8-9-24-21(16-22)18-26-29(24)15-14-27-11-4-5-12-27/h8-10,13,16-18,20H,1-7,11-12,14-15,19H2. The van der Waals surface area contributed by atoms with E-state index in [1.54, 1.807) is 10.6 Å². The van der Waals surface area contributed by atoms with Gasteiger partial charge in [0.2, 0.25) is 0 Å². The Bertz CT molecular complexity index is 1070. The Morgan fingerprint density at radius 3 is 2.61 bits per heavy atom. The molecule has 1 saturated heterocycles. The molecule has 0 radical (unpaired) electrons. The van der Waals surface area contributed by atoms with Crippen molar-refractivity contribution in [1.82, 2.24) is 19.2 Å². The molecule has 164 valence electrons. The summed E-state index contributed by atoms with van der Waals surface area (Å²) >= 11 is 0. The van der Waals surface area contributed by atoms with Crippen LogP contribution in [-0.4, -0.2) is 45.5 Å². The van der Waals surface area contributed by atoms with Crippen LogP contribution < -0.4 is 10.3 Å². The molecule has 1 aliphatic heterocycles. The van der Waals surface area contributed by atoms with Crippen molar-refractivity contribution >= 4 is 10.9 Å². The Hall–Kier alpha value is -2.60. The van der Waals surface area contributed by atoms with Crippen LogP contribution in [0.15, 0.2) is 47.5 Å². The fourth-order valence-corrected chi connectivity index (χ4v) is 4.98. The molecule has 0 bridgehead atoms. The first-order chi connectivity index (χ1) is 15.3. The lowest BCUT2D eigenvalue weighted by atomic mass is 9.90. The molecule has 1 aromatic carbocycles. The van der Waals surface area contributed by atoms with Crippen LogP contribution in [-0.2, 0) is 6.54 Å². The molecule has 3 heterocycles. The van der Waals surface area contributed by atoms with Gasteiger partial charge in [0.15, 0.2) is 0 Å². The first-order valence-electron chi connectivity index (χ1n) is 11.8. The van der Waals surface area contributed by atoms with Gasteiger partial charge in [-0.1, -0.05) is 19.3 Å². The summed E-state index contributed by atoms with van der Waals surface area (Å²) in [6.45, 7) is 5.06. The molecule has 1 aliphatic carbocycles. The van der Waals surface area contributed by atoms with Crippen LogP contribution in [0.2, 0.25) is 0 Å². The number of likely N-dealkylation sites (tertiary alicyclic amines) is 1. The largest absolute Gasteiger partial charge is 0.493 e.